The highest BCUT2D eigenvalue weighted by Gasteiger charge is 2.24. The number of carbonyl (C=O) groups is 3. The van der Waals surface area contributed by atoms with E-state index in [9.17, 15) is 14.4 Å². The topological polar surface area (TPSA) is 130 Å². The van der Waals surface area contributed by atoms with Gasteiger partial charge in [0.05, 0.1) is 31.2 Å². The first-order chi connectivity index (χ1) is 18.3. The van der Waals surface area contributed by atoms with Gasteiger partial charge in [0.1, 0.15) is 5.84 Å². The van der Waals surface area contributed by atoms with Crippen molar-refractivity contribution in [1.82, 2.24) is 14.8 Å². The number of methoxy groups -OCH3 is 1. The van der Waals surface area contributed by atoms with Crippen LogP contribution in [0.25, 0.3) is 6.08 Å². The molecule has 0 saturated carbocycles. The Balaban J connectivity index is 1.53. The molecule has 38 heavy (non-hydrogen) atoms. The zero-order valence-electron chi connectivity index (χ0n) is 22.1. The summed E-state index contributed by atoms with van der Waals surface area (Å²) in [6.07, 6.45) is 5.67. The van der Waals surface area contributed by atoms with Crippen LogP contribution in [0.1, 0.15) is 60.3 Å². The second kappa shape index (κ2) is 11.9. The Labute approximate surface area is 222 Å². The monoisotopic (exact) mass is 518 g/mol. The van der Waals surface area contributed by atoms with Crippen LogP contribution in [0.15, 0.2) is 41.0 Å². The Bertz CT molecular complexity index is 1300. The minimum Gasteiger partial charge on any atom is -0.453 e. The van der Waals surface area contributed by atoms with Gasteiger partial charge < -0.3 is 25.6 Å². The van der Waals surface area contributed by atoms with Crippen LogP contribution >= 0.6 is 0 Å². The first-order valence-corrected chi connectivity index (χ1v) is 12.9. The Morgan fingerprint density at radius 3 is 2.63 bits per heavy atom. The molecule has 0 bridgehead atoms. The summed E-state index contributed by atoms with van der Waals surface area (Å²) in [5.74, 6) is -0.0411. The van der Waals surface area contributed by atoms with Crippen LogP contribution in [0.5, 0.6) is 0 Å². The number of ether oxygens (including phenoxy) is 1. The predicted octanol–water partition coefficient (Wildman–Crippen LogP) is 3.88. The van der Waals surface area contributed by atoms with E-state index in [-0.39, 0.29) is 18.2 Å². The molecule has 0 aliphatic carbocycles. The van der Waals surface area contributed by atoms with Crippen LogP contribution < -0.4 is 11.1 Å². The normalized spacial score (nSPS) is 14.3. The highest BCUT2D eigenvalue weighted by atomic mass is 16.5. The molecule has 10 heteroatoms. The van der Waals surface area contributed by atoms with Crippen molar-refractivity contribution < 1.29 is 19.1 Å². The molecule has 1 aromatic carbocycles. The number of aliphatic imine (C=N–C) groups is 1. The number of nitrogens with zero attached hydrogens (tertiary/aromatic N) is 4. The van der Waals surface area contributed by atoms with Gasteiger partial charge >= 0.3 is 6.09 Å². The molecule has 0 atom stereocenters. The van der Waals surface area contributed by atoms with Gasteiger partial charge in [-0.1, -0.05) is 19.9 Å². The molecule has 3 amide bonds. The second-order valence-corrected chi connectivity index (χ2v) is 9.44. The standard InChI is InChI=1S/C28H34N6O4/c1-4-9-33(10-5-2)27(36)20-12-18-6-7-19(14-24(18)32-25(29)15-20)26(35)31-22-13-21-17-34(28(37)38-3)11-8-23(21)30-16-22/h6-7,12-14,16H,4-5,8-11,15,17H2,1-3H3,(H2,29,32)(H,31,35). The minimum absolute atomic E-state index is 0.0350. The van der Waals surface area contributed by atoms with Gasteiger partial charge in [0, 0.05) is 54.9 Å². The highest BCUT2D eigenvalue weighted by Crippen LogP contribution is 2.29. The molecule has 2 aliphatic rings. The van der Waals surface area contributed by atoms with Gasteiger partial charge in [0.25, 0.3) is 5.91 Å². The lowest BCUT2D eigenvalue weighted by Crippen LogP contribution is -2.36. The number of pyridine rings is 1. The summed E-state index contributed by atoms with van der Waals surface area (Å²) >= 11 is 0. The maximum absolute atomic E-state index is 13.2. The highest BCUT2D eigenvalue weighted by molar-refractivity contribution is 6.07. The summed E-state index contributed by atoms with van der Waals surface area (Å²) in [4.78, 5) is 50.6. The average molecular weight is 519 g/mol. The number of anilines is 1. The number of fused-ring (bicyclic) bond motifs is 2. The quantitative estimate of drug-likeness (QED) is 0.572. The third-order valence-electron chi connectivity index (χ3n) is 6.54. The van der Waals surface area contributed by atoms with E-state index in [0.29, 0.717) is 60.9 Å². The molecule has 4 rings (SSSR count). The molecule has 3 N–H and O–H groups in total. The molecule has 2 aliphatic heterocycles. The molecule has 0 unspecified atom stereocenters. The fourth-order valence-corrected chi connectivity index (χ4v) is 4.71. The minimum atomic E-state index is -0.391. The number of nitrogens with one attached hydrogen (secondary N) is 1. The number of hydrogen-bond acceptors (Lipinski definition) is 7. The summed E-state index contributed by atoms with van der Waals surface area (Å²) in [5.41, 5.74) is 10.7. The summed E-state index contributed by atoms with van der Waals surface area (Å²) < 4.78 is 4.82. The van der Waals surface area contributed by atoms with Gasteiger partial charge in [-0.3, -0.25) is 14.6 Å². The van der Waals surface area contributed by atoms with E-state index in [1.54, 1.807) is 29.3 Å². The fourth-order valence-electron chi connectivity index (χ4n) is 4.71. The lowest BCUT2D eigenvalue weighted by atomic mass is 10.0. The van der Waals surface area contributed by atoms with Crippen molar-refractivity contribution in [2.75, 3.05) is 32.1 Å². The molecule has 200 valence electrons. The van der Waals surface area contributed by atoms with Crippen LogP contribution in [-0.4, -0.2) is 65.3 Å². The Morgan fingerprint density at radius 2 is 1.92 bits per heavy atom. The van der Waals surface area contributed by atoms with E-state index in [1.165, 1.54) is 7.11 Å². The number of carbonyl (C=O) groups excluding carboxylic acids is 3. The number of amides is 3. The number of aromatic nitrogens is 1. The number of hydrogen-bond donors (Lipinski definition) is 2. The molecule has 0 spiro atoms. The zero-order chi connectivity index (χ0) is 27.2. The van der Waals surface area contributed by atoms with Crippen molar-refractivity contribution >= 4 is 41.2 Å². The number of benzene rings is 1. The summed E-state index contributed by atoms with van der Waals surface area (Å²) in [6, 6.07) is 6.98. The summed E-state index contributed by atoms with van der Waals surface area (Å²) in [5, 5.41) is 2.88. The van der Waals surface area contributed by atoms with Gasteiger partial charge in [0.15, 0.2) is 0 Å². The maximum Gasteiger partial charge on any atom is 0.409 e. The van der Waals surface area contributed by atoms with Crippen molar-refractivity contribution in [3.8, 4) is 0 Å². The zero-order valence-corrected chi connectivity index (χ0v) is 22.1. The largest absolute Gasteiger partial charge is 0.453 e. The molecular formula is C28H34N6O4. The van der Waals surface area contributed by atoms with Gasteiger partial charge in [0.2, 0.25) is 5.91 Å². The smallest absolute Gasteiger partial charge is 0.409 e. The second-order valence-electron chi connectivity index (χ2n) is 9.44. The van der Waals surface area contributed by atoms with Crippen LogP contribution in [0, 0.1) is 0 Å². The van der Waals surface area contributed by atoms with Crippen molar-refractivity contribution in [2.24, 2.45) is 10.7 Å². The van der Waals surface area contributed by atoms with E-state index in [2.05, 4.69) is 15.3 Å². The lowest BCUT2D eigenvalue weighted by molar-refractivity contribution is -0.127. The van der Waals surface area contributed by atoms with E-state index >= 15 is 0 Å². The first kappa shape index (κ1) is 26.8. The summed E-state index contributed by atoms with van der Waals surface area (Å²) in [7, 11) is 1.35. The Kier molecular flexibility index (Phi) is 8.40. The third-order valence-corrected chi connectivity index (χ3v) is 6.54. The van der Waals surface area contributed by atoms with E-state index in [4.69, 9.17) is 10.5 Å². The van der Waals surface area contributed by atoms with Crippen molar-refractivity contribution in [2.45, 2.75) is 46.1 Å². The Morgan fingerprint density at radius 1 is 1.16 bits per heavy atom. The van der Waals surface area contributed by atoms with Crippen LogP contribution in [0.4, 0.5) is 16.2 Å². The van der Waals surface area contributed by atoms with E-state index < -0.39 is 6.09 Å². The molecule has 0 radical (unpaired) electrons. The van der Waals surface area contributed by atoms with Crippen molar-refractivity contribution in [1.29, 1.82) is 0 Å². The van der Waals surface area contributed by atoms with Gasteiger partial charge in [-0.2, -0.15) is 0 Å². The molecule has 10 nitrogen and oxygen atoms in total. The Hall–Kier alpha value is -4.21. The summed E-state index contributed by atoms with van der Waals surface area (Å²) in [6.45, 7) is 6.37. The van der Waals surface area contributed by atoms with E-state index in [0.717, 1.165) is 29.7 Å². The van der Waals surface area contributed by atoms with Crippen molar-refractivity contribution in [3.63, 3.8) is 0 Å². The molecule has 2 aromatic rings. The molecule has 0 fully saturated rings. The predicted molar refractivity (Wildman–Crippen MR) is 146 cm³/mol. The first-order valence-electron chi connectivity index (χ1n) is 12.9. The molecule has 0 saturated heterocycles. The fraction of sp³-hybridized carbons (Fsp3) is 0.393. The van der Waals surface area contributed by atoms with Crippen LogP contribution in [0.2, 0.25) is 0 Å². The number of rotatable bonds is 7. The molecular weight excluding hydrogens is 484 g/mol. The number of amidine groups is 1. The number of nitrogens with two attached hydrogens (primary N) is 1. The van der Waals surface area contributed by atoms with Crippen LogP contribution in [-0.2, 0) is 22.5 Å². The van der Waals surface area contributed by atoms with Crippen LogP contribution in [0.3, 0.4) is 0 Å². The SMILES string of the molecule is CCCN(CCC)C(=O)C1=Cc2ccc(C(=O)Nc3cnc4c(c3)CN(C(=O)OC)CC4)cc2N=C(N)C1. The molecule has 3 heterocycles. The third kappa shape index (κ3) is 6.01. The van der Waals surface area contributed by atoms with Crippen molar-refractivity contribution in [3.05, 3.63) is 58.4 Å². The molecule has 1 aromatic heterocycles. The van der Waals surface area contributed by atoms with Gasteiger partial charge in [-0.05, 0) is 42.7 Å². The van der Waals surface area contributed by atoms with E-state index in [1.807, 2.05) is 30.9 Å². The maximum atomic E-state index is 13.2. The van der Waals surface area contributed by atoms with Gasteiger partial charge in [-0.15, -0.1) is 0 Å². The van der Waals surface area contributed by atoms with Gasteiger partial charge in [-0.25, -0.2) is 9.79 Å². The lowest BCUT2D eigenvalue weighted by Gasteiger charge is -2.27. The average Bonchev–Trinajstić information content (AvgIpc) is 3.09.